The van der Waals surface area contributed by atoms with E-state index in [0.717, 1.165) is 39.7 Å². The number of ether oxygens (including phenoxy) is 2. The highest BCUT2D eigenvalue weighted by molar-refractivity contribution is 6.23. The van der Waals surface area contributed by atoms with E-state index in [2.05, 4.69) is 37.9 Å². The fourth-order valence-electron chi connectivity index (χ4n) is 6.27. The molecule has 0 saturated carbocycles. The maximum Gasteiger partial charge on any atom is 0.332 e. The fourth-order valence-corrected chi connectivity index (χ4v) is 6.27. The third-order valence-electron chi connectivity index (χ3n) is 8.48. The molecule has 6 rings (SSSR count). The molecule has 3 aromatic carbocycles. The number of fused-ring (bicyclic) bond motifs is 5. The van der Waals surface area contributed by atoms with Crippen LogP contribution in [0, 0.1) is 0 Å². The summed E-state index contributed by atoms with van der Waals surface area (Å²) in [7, 11) is 0. The molecule has 4 aromatic rings. The number of amides is 3. The zero-order valence-electron chi connectivity index (χ0n) is 24.4. The first kappa shape index (κ1) is 26.9. The van der Waals surface area contributed by atoms with Gasteiger partial charge in [-0.1, -0.05) is 57.2 Å². The molecule has 0 spiro atoms. The van der Waals surface area contributed by atoms with Crippen LogP contribution in [0.25, 0.3) is 10.9 Å². The summed E-state index contributed by atoms with van der Waals surface area (Å²) < 4.78 is 12.0. The monoisotopic (exact) mass is 551 g/mol. The number of imide groups is 1. The molecule has 2 aliphatic rings. The van der Waals surface area contributed by atoms with Gasteiger partial charge >= 0.3 is 6.03 Å². The highest BCUT2D eigenvalue weighted by Gasteiger charge is 2.60. The first-order valence-corrected chi connectivity index (χ1v) is 14.6. The lowest BCUT2D eigenvalue weighted by molar-refractivity contribution is -0.125. The summed E-state index contributed by atoms with van der Waals surface area (Å²) in [4.78, 5) is 35.0. The molecule has 212 valence electrons. The number of benzene rings is 3. The molecule has 1 N–H and O–H groups in total. The normalized spacial score (nSPS) is 20.1. The van der Waals surface area contributed by atoms with Gasteiger partial charge in [0.15, 0.2) is 17.0 Å². The van der Waals surface area contributed by atoms with Crippen molar-refractivity contribution in [3.05, 3.63) is 89.1 Å². The minimum absolute atomic E-state index is 0.173. The minimum atomic E-state index is -1.16. The number of aromatic amines is 1. The van der Waals surface area contributed by atoms with Crippen LogP contribution >= 0.6 is 0 Å². The molecule has 2 atom stereocenters. The van der Waals surface area contributed by atoms with Crippen molar-refractivity contribution in [2.24, 2.45) is 0 Å². The predicted octanol–water partition coefficient (Wildman–Crippen LogP) is 7.31. The van der Waals surface area contributed by atoms with Gasteiger partial charge in [0.05, 0.1) is 24.6 Å². The third kappa shape index (κ3) is 4.17. The third-order valence-corrected chi connectivity index (χ3v) is 8.48. The van der Waals surface area contributed by atoms with Crippen LogP contribution in [0.15, 0.2) is 66.7 Å². The molecule has 7 nitrogen and oxygen atoms in total. The van der Waals surface area contributed by atoms with Crippen LogP contribution in [0.5, 0.6) is 11.5 Å². The van der Waals surface area contributed by atoms with Crippen molar-refractivity contribution in [3.8, 4) is 11.5 Å². The Balaban J connectivity index is 1.49. The van der Waals surface area contributed by atoms with Crippen molar-refractivity contribution >= 4 is 28.5 Å². The summed E-state index contributed by atoms with van der Waals surface area (Å²) in [6, 6.07) is 21.6. The Bertz CT molecular complexity index is 1620. The lowest BCUT2D eigenvalue weighted by atomic mass is 9.78. The molecular weight excluding hydrogens is 514 g/mol. The Morgan fingerprint density at radius 1 is 0.976 bits per heavy atom. The number of para-hydroxylation sites is 1. The van der Waals surface area contributed by atoms with Crippen LogP contribution in [0.2, 0.25) is 0 Å². The van der Waals surface area contributed by atoms with Gasteiger partial charge in [-0.05, 0) is 73.2 Å². The number of hydrogen-bond donors (Lipinski definition) is 1. The second-order valence-electron chi connectivity index (χ2n) is 11.4. The van der Waals surface area contributed by atoms with E-state index in [-0.39, 0.29) is 17.9 Å². The maximum atomic E-state index is 14.3. The van der Waals surface area contributed by atoms with Crippen LogP contribution in [0.3, 0.4) is 0 Å². The van der Waals surface area contributed by atoms with Gasteiger partial charge in [0, 0.05) is 23.4 Å². The molecule has 0 aliphatic carbocycles. The number of urea groups is 1. The number of hydrogen-bond acceptors (Lipinski definition) is 4. The van der Waals surface area contributed by atoms with Crippen LogP contribution in [0.4, 0.5) is 10.5 Å². The van der Waals surface area contributed by atoms with Crippen LogP contribution in [-0.4, -0.2) is 41.6 Å². The number of carbonyl (C=O) groups is 2. The lowest BCUT2D eigenvalue weighted by Gasteiger charge is -2.40. The number of aromatic nitrogens is 1. The van der Waals surface area contributed by atoms with E-state index in [1.807, 2.05) is 68.4 Å². The van der Waals surface area contributed by atoms with E-state index in [1.165, 1.54) is 4.90 Å². The first-order valence-electron chi connectivity index (χ1n) is 14.6. The average Bonchev–Trinajstić information content (AvgIpc) is 3.46. The highest BCUT2D eigenvalue weighted by Crippen LogP contribution is 2.51. The topological polar surface area (TPSA) is 74.9 Å². The van der Waals surface area contributed by atoms with E-state index in [9.17, 15) is 9.59 Å². The molecule has 41 heavy (non-hydrogen) atoms. The summed E-state index contributed by atoms with van der Waals surface area (Å²) >= 11 is 0. The second kappa shape index (κ2) is 10.3. The molecular formula is C34H37N3O4. The van der Waals surface area contributed by atoms with Gasteiger partial charge in [-0.25, -0.2) is 9.69 Å². The number of nitrogens with one attached hydrogen (secondary N) is 1. The number of carbonyl (C=O) groups excluding carboxylic acids is 2. The molecule has 7 heteroatoms. The Hall–Kier alpha value is -4.26. The van der Waals surface area contributed by atoms with Crippen LogP contribution in [0.1, 0.15) is 75.3 Å². The zero-order valence-corrected chi connectivity index (χ0v) is 24.4. The molecule has 2 unspecified atom stereocenters. The first-order chi connectivity index (χ1) is 19.8. The van der Waals surface area contributed by atoms with Crippen molar-refractivity contribution < 1.29 is 19.1 Å². The van der Waals surface area contributed by atoms with Gasteiger partial charge in [0.25, 0.3) is 5.91 Å². The lowest BCUT2D eigenvalue weighted by Crippen LogP contribution is -2.50. The number of H-pyrrole nitrogens is 1. The number of anilines is 1. The van der Waals surface area contributed by atoms with E-state index >= 15 is 0 Å². The van der Waals surface area contributed by atoms with E-state index in [1.54, 1.807) is 4.90 Å². The number of rotatable bonds is 8. The summed E-state index contributed by atoms with van der Waals surface area (Å²) in [6.45, 7) is 11.6. The summed E-state index contributed by atoms with van der Waals surface area (Å²) in [5.41, 5.74) is 4.34. The average molecular weight is 552 g/mol. The van der Waals surface area contributed by atoms with Crippen molar-refractivity contribution in [1.82, 2.24) is 9.88 Å². The van der Waals surface area contributed by atoms with Crippen molar-refractivity contribution in [1.29, 1.82) is 0 Å². The minimum Gasteiger partial charge on any atom is -0.490 e. The molecule has 0 bridgehead atoms. The smallest absolute Gasteiger partial charge is 0.332 e. The molecule has 3 amide bonds. The molecule has 2 aliphatic heterocycles. The molecule has 0 radical (unpaired) electrons. The molecule has 1 aromatic heterocycles. The molecule has 1 fully saturated rings. The highest BCUT2D eigenvalue weighted by atomic mass is 16.5. The Kier molecular flexibility index (Phi) is 6.76. The standard InChI is InChI=1S/C34H37N3O4/c1-6-18-41-28-17-14-23(19-29(28)40-7-2)26-20-36-33(39)37(24-15-12-22(13-16-24)21(3)4)32(38)34(36,5)31-30(26)25-10-8-9-11-27(25)35-31/h8-17,19,21,26,35H,6-7,18,20H2,1-5H3. The predicted molar refractivity (Wildman–Crippen MR) is 161 cm³/mol. The van der Waals surface area contributed by atoms with E-state index in [4.69, 9.17) is 9.47 Å². The quantitative estimate of drug-likeness (QED) is 0.233. The van der Waals surface area contributed by atoms with Gasteiger partial charge in [-0.2, -0.15) is 0 Å². The van der Waals surface area contributed by atoms with Gasteiger partial charge in [-0.15, -0.1) is 0 Å². The molecule has 3 heterocycles. The Labute approximate surface area is 241 Å². The summed E-state index contributed by atoms with van der Waals surface area (Å²) in [5.74, 6) is 1.33. The Morgan fingerprint density at radius 2 is 1.73 bits per heavy atom. The van der Waals surface area contributed by atoms with E-state index < -0.39 is 5.54 Å². The maximum absolute atomic E-state index is 14.3. The SMILES string of the molecule is CCCOc1ccc(C2CN3C(=O)N(c4ccc(C(C)C)cc4)C(=O)C3(C)c3[nH]c4ccccc4c32)cc1OCC. The van der Waals surface area contributed by atoms with Gasteiger partial charge < -0.3 is 19.4 Å². The van der Waals surface area contributed by atoms with Crippen LogP contribution in [-0.2, 0) is 10.3 Å². The largest absolute Gasteiger partial charge is 0.490 e. The number of nitrogens with zero attached hydrogens (tertiary/aromatic N) is 2. The van der Waals surface area contributed by atoms with Crippen LogP contribution < -0.4 is 14.4 Å². The van der Waals surface area contributed by atoms with Crippen molar-refractivity contribution in [2.75, 3.05) is 24.7 Å². The second-order valence-corrected chi connectivity index (χ2v) is 11.4. The van der Waals surface area contributed by atoms with Gasteiger partial charge in [0.2, 0.25) is 0 Å². The van der Waals surface area contributed by atoms with E-state index in [0.29, 0.717) is 42.9 Å². The van der Waals surface area contributed by atoms with Gasteiger partial charge in [-0.3, -0.25) is 4.79 Å². The fraction of sp³-hybridized carbons (Fsp3) is 0.353. The summed E-state index contributed by atoms with van der Waals surface area (Å²) in [6.07, 6.45) is 0.898. The van der Waals surface area contributed by atoms with Crippen molar-refractivity contribution in [3.63, 3.8) is 0 Å². The van der Waals surface area contributed by atoms with Gasteiger partial charge in [0.1, 0.15) is 0 Å². The van der Waals surface area contributed by atoms with Crippen molar-refractivity contribution in [2.45, 2.75) is 58.4 Å². The molecule has 1 saturated heterocycles. The summed E-state index contributed by atoms with van der Waals surface area (Å²) in [5, 5.41) is 1.05. The Morgan fingerprint density at radius 3 is 2.44 bits per heavy atom. The zero-order chi connectivity index (χ0) is 28.9.